The van der Waals surface area contributed by atoms with Crippen molar-refractivity contribution in [1.29, 1.82) is 0 Å². The predicted molar refractivity (Wildman–Crippen MR) is 53.2 cm³/mol. The van der Waals surface area contributed by atoms with E-state index in [0.717, 1.165) is 5.56 Å². The van der Waals surface area contributed by atoms with Crippen LogP contribution in [0.3, 0.4) is 0 Å². The third kappa shape index (κ3) is 2.85. The largest absolute Gasteiger partial charge is 0.465 e. The minimum atomic E-state index is -0.362. The van der Waals surface area contributed by atoms with Crippen molar-refractivity contribution in [2.75, 3.05) is 7.11 Å². The van der Waals surface area contributed by atoms with Gasteiger partial charge in [0.25, 0.3) is 0 Å². The molecule has 0 spiro atoms. The Hall–Kier alpha value is -1.35. The summed E-state index contributed by atoms with van der Waals surface area (Å²) in [5, 5.41) is 9.14. The number of aliphatic hydroxyl groups is 1. The van der Waals surface area contributed by atoms with Crippen molar-refractivity contribution >= 4 is 5.97 Å². The molecule has 1 N–H and O–H groups in total. The molecule has 3 heteroatoms. The number of ether oxygens (including phenoxy) is 1. The van der Waals surface area contributed by atoms with E-state index in [1.807, 2.05) is 12.1 Å². The molecular formula is C11H14O3. The van der Waals surface area contributed by atoms with Crippen LogP contribution >= 0.6 is 0 Å². The van der Waals surface area contributed by atoms with Crippen LogP contribution in [0.1, 0.15) is 22.8 Å². The first kappa shape index (κ1) is 10.7. The molecule has 0 amide bonds. The summed E-state index contributed by atoms with van der Waals surface area (Å²) < 4.78 is 4.57. The second-order valence-electron chi connectivity index (χ2n) is 3.24. The van der Waals surface area contributed by atoms with Gasteiger partial charge in [0.2, 0.25) is 0 Å². The Kier molecular flexibility index (Phi) is 3.65. The third-order valence-corrected chi connectivity index (χ3v) is 1.91. The summed E-state index contributed by atoms with van der Waals surface area (Å²) >= 11 is 0. The molecule has 0 saturated carbocycles. The SMILES string of the molecule is COC(=O)c1ccc(CC(C)O)cc1. The molecule has 0 aliphatic rings. The molecule has 14 heavy (non-hydrogen) atoms. The van der Waals surface area contributed by atoms with Crippen LogP contribution < -0.4 is 0 Å². The summed E-state index contributed by atoms with van der Waals surface area (Å²) in [7, 11) is 1.35. The highest BCUT2D eigenvalue weighted by atomic mass is 16.5. The van der Waals surface area contributed by atoms with Crippen LogP contribution in [-0.4, -0.2) is 24.3 Å². The third-order valence-electron chi connectivity index (χ3n) is 1.91. The van der Waals surface area contributed by atoms with E-state index in [2.05, 4.69) is 4.74 Å². The van der Waals surface area contributed by atoms with Crippen LogP contribution in [0.25, 0.3) is 0 Å². The van der Waals surface area contributed by atoms with Crippen LogP contribution in [0, 0.1) is 0 Å². The first-order valence-corrected chi connectivity index (χ1v) is 4.49. The predicted octanol–water partition coefficient (Wildman–Crippen LogP) is 1.40. The molecule has 1 rings (SSSR count). The summed E-state index contributed by atoms with van der Waals surface area (Å²) in [6, 6.07) is 7.03. The van der Waals surface area contributed by atoms with Gasteiger partial charge < -0.3 is 9.84 Å². The van der Waals surface area contributed by atoms with Gasteiger partial charge in [0.15, 0.2) is 0 Å². The maximum Gasteiger partial charge on any atom is 0.337 e. The Morgan fingerprint density at radius 2 is 2.00 bits per heavy atom. The second-order valence-corrected chi connectivity index (χ2v) is 3.24. The van der Waals surface area contributed by atoms with Crippen molar-refractivity contribution < 1.29 is 14.6 Å². The Morgan fingerprint density at radius 1 is 1.43 bits per heavy atom. The van der Waals surface area contributed by atoms with Crippen LogP contribution in [0.5, 0.6) is 0 Å². The summed E-state index contributed by atoms with van der Waals surface area (Å²) in [4.78, 5) is 11.1. The summed E-state index contributed by atoms with van der Waals surface area (Å²) in [6.07, 6.45) is 0.237. The minimum absolute atomic E-state index is 0.339. The van der Waals surface area contributed by atoms with Gasteiger partial charge >= 0.3 is 5.97 Å². The molecule has 0 aromatic heterocycles. The van der Waals surface area contributed by atoms with Crippen molar-refractivity contribution in [2.24, 2.45) is 0 Å². The number of benzene rings is 1. The van der Waals surface area contributed by atoms with E-state index in [0.29, 0.717) is 12.0 Å². The number of aliphatic hydroxyl groups excluding tert-OH is 1. The van der Waals surface area contributed by atoms with E-state index < -0.39 is 0 Å². The Morgan fingerprint density at radius 3 is 2.43 bits per heavy atom. The molecule has 0 heterocycles. The zero-order chi connectivity index (χ0) is 10.6. The molecule has 0 fully saturated rings. The molecule has 0 bridgehead atoms. The highest BCUT2D eigenvalue weighted by molar-refractivity contribution is 5.89. The monoisotopic (exact) mass is 194 g/mol. The van der Waals surface area contributed by atoms with Crippen LogP contribution in [0.15, 0.2) is 24.3 Å². The van der Waals surface area contributed by atoms with Crippen molar-refractivity contribution in [3.05, 3.63) is 35.4 Å². The zero-order valence-corrected chi connectivity index (χ0v) is 8.36. The summed E-state index contributed by atoms with van der Waals surface area (Å²) in [5.41, 5.74) is 1.54. The van der Waals surface area contributed by atoms with Crippen LogP contribution in [-0.2, 0) is 11.2 Å². The average Bonchev–Trinajstić information content (AvgIpc) is 2.17. The number of hydrogen-bond donors (Lipinski definition) is 1. The van der Waals surface area contributed by atoms with Gasteiger partial charge in [0, 0.05) is 0 Å². The number of hydrogen-bond acceptors (Lipinski definition) is 3. The molecule has 0 saturated heterocycles. The van der Waals surface area contributed by atoms with Gasteiger partial charge in [-0.3, -0.25) is 0 Å². The molecule has 1 aromatic rings. The molecule has 1 atom stereocenters. The van der Waals surface area contributed by atoms with Gasteiger partial charge in [0.1, 0.15) is 0 Å². The number of methoxy groups -OCH3 is 1. The van der Waals surface area contributed by atoms with E-state index in [1.165, 1.54) is 7.11 Å². The lowest BCUT2D eigenvalue weighted by Crippen LogP contribution is -2.05. The quantitative estimate of drug-likeness (QED) is 0.740. The summed E-state index contributed by atoms with van der Waals surface area (Å²) in [6.45, 7) is 1.73. The normalized spacial score (nSPS) is 12.2. The molecule has 0 aliphatic carbocycles. The Balaban J connectivity index is 2.73. The van der Waals surface area contributed by atoms with Gasteiger partial charge in [-0.15, -0.1) is 0 Å². The maximum absolute atomic E-state index is 11.1. The number of rotatable bonds is 3. The van der Waals surface area contributed by atoms with Crippen LogP contribution in [0.4, 0.5) is 0 Å². The molecule has 76 valence electrons. The average molecular weight is 194 g/mol. The van der Waals surface area contributed by atoms with Crippen molar-refractivity contribution in [3.8, 4) is 0 Å². The van der Waals surface area contributed by atoms with Gasteiger partial charge in [-0.05, 0) is 31.0 Å². The number of esters is 1. The van der Waals surface area contributed by atoms with E-state index >= 15 is 0 Å². The van der Waals surface area contributed by atoms with E-state index in [-0.39, 0.29) is 12.1 Å². The first-order valence-electron chi connectivity index (χ1n) is 4.49. The maximum atomic E-state index is 11.1. The van der Waals surface area contributed by atoms with Crippen molar-refractivity contribution in [3.63, 3.8) is 0 Å². The lowest BCUT2D eigenvalue weighted by atomic mass is 10.1. The smallest absolute Gasteiger partial charge is 0.337 e. The second kappa shape index (κ2) is 4.77. The fraction of sp³-hybridized carbons (Fsp3) is 0.364. The lowest BCUT2D eigenvalue weighted by Gasteiger charge is -2.04. The molecule has 0 radical (unpaired) electrons. The first-order chi connectivity index (χ1) is 6.63. The molecular weight excluding hydrogens is 180 g/mol. The topological polar surface area (TPSA) is 46.5 Å². The van der Waals surface area contributed by atoms with E-state index in [9.17, 15) is 4.79 Å². The Bertz CT molecular complexity index is 301. The molecule has 1 unspecified atom stereocenters. The molecule has 0 aliphatic heterocycles. The van der Waals surface area contributed by atoms with E-state index in [4.69, 9.17) is 5.11 Å². The van der Waals surface area contributed by atoms with Gasteiger partial charge in [-0.1, -0.05) is 12.1 Å². The van der Waals surface area contributed by atoms with Crippen molar-refractivity contribution in [2.45, 2.75) is 19.4 Å². The number of carbonyl (C=O) groups is 1. The highest BCUT2D eigenvalue weighted by Gasteiger charge is 2.04. The minimum Gasteiger partial charge on any atom is -0.465 e. The standard InChI is InChI=1S/C11H14O3/c1-8(12)7-9-3-5-10(6-4-9)11(13)14-2/h3-6,8,12H,7H2,1-2H3. The highest BCUT2D eigenvalue weighted by Crippen LogP contribution is 2.07. The zero-order valence-electron chi connectivity index (χ0n) is 8.36. The fourth-order valence-corrected chi connectivity index (χ4v) is 1.24. The number of carbonyl (C=O) groups excluding carboxylic acids is 1. The van der Waals surface area contributed by atoms with Gasteiger partial charge in [0.05, 0.1) is 18.8 Å². The van der Waals surface area contributed by atoms with Crippen molar-refractivity contribution in [1.82, 2.24) is 0 Å². The fourth-order valence-electron chi connectivity index (χ4n) is 1.24. The van der Waals surface area contributed by atoms with Gasteiger partial charge in [-0.25, -0.2) is 4.79 Å². The lowest BCUT2D eigenvalue weighted by molar-refractivity contribution is 0.0601. The summed E-state index contributed by atoms with van der Waals surface area (Å²) in [5.74, 6) is -0.339. The van der Waals surface area contributed by atoms with E-state index in [1.54, 1.807) is 19.1 Å². The molecule has 1 aromatic carbocycles. The molecule has 3 nitrogen and oxygen atoms in total. The Labute approximate surface area is 83.3 Å². The van der Waals surface area contributed by atoms with Gasteiger partial charge in [-0.2, -0.15) is 0 Å². The van der Waals surface area contributed by atoms with Crippen LogP contribution in [0.2, 0.25) is 0 Å².